The second-order valence-electron chi connectivity index (χ2n) is 7.80. The third kappa shape index (κ3) is 4.88. The van der Waals surface area contributed by atoms with E-state index in [4.69, 9.17) is 9.15 Å². The normalized spacial score (nSPS) is 14.0. The quantitative estimate of drug-likeness (QED) is 0.514. The van der Waals surface area contributed by atoms with Crippen LogP contribution < -0.4 is 4.74 Å². The SMILES string of the molecule is CCCCN1CCc2ccc(OCCc3nc(-c4ccccc4)oc3C)cc2C1. The van der Waals surface area contributed by atoms with E-state index in [1.54, 1.807) is 0 Å². The molecule has 0 fully saturated rings. The zero-order valence-corrected chi connectivity index (χ0v) is 17.5. The van der Waals surface area contributed by atoms with Gasteiger partial charge in [0.2, 0.25) is 5.89 Å². The molecule has 1 aromatic heterocycles. The summed E-state index contributed by atoms with van der Waals surface area (Å²) in [6, 6.07) is 16.6. The lowest BCUT2D eigenvalue weighted by molar-refractivity contribution is 0.249. The lowest BCUT2D eigenvalue weighted by atomic mass is 9.99. The number of unbranched alkanes of at least 4 members (excludes halogenated alkanes) is 1. The minimum atomic E-state index is 0.597. The Hall–Kier alpha value is -2.59. The van der Waals surface area contributed by atoms with Gasteiger partial charge in [-0.3, -0.25) is 4.90 Å². The molecule has 0 radical (unpaired) electrons. The number of oxazole rings is 1. The molecule has 2 heterocycles. The Morgan fingerprint density at radius 3 is 2.79 bits per heavy atom. The topological polar surface area (TPSA) is 38.5 Å². The van der Waals surface area contributed by atoms with Crippen molar-refractivity contribution in [3.05, 3.63) is 71.1 Å². The fourth-order valence-electron chi connectivity index (χ4n) is 3.88. The molecule has 0 spiro atoms. The molecule has 3 aromatic rings. The number of aromatic nitrogens is 1. The molecule has 0 amide bonds. The first-order chi connectivity index (χ1) is 14.2. The molecule has 0 saturated carbocycles. The summed E-state index contributed by atoms with van der Waals surface area (Å²) >= 11 is 0. The van der Waals surface area contributed by atoms with Gasteiger partial charge in [0.25, 0.3) is 0 Å². The maximum absolute atomic E-state index is 6.06. The van der Waals surface area contributed by atoms with E-state index in [1.165, 1.54) is 37.1 Å². The molecule has 1 aliphatic rings. The average molecular weight is 391 g/mol. The van der Waals surface area contributed by atoms with Crippen LogP contribution in [0.2, 0.25) is 0 Å². The fourth-order valence-corrected chi connectivity index (χ4v) is 3.88. The van der Waals surface area contributed by atoms with Crippen molar-refractivity contribution >= 4 is 0 Å². The Bertz CT molecular complexity index is 933. The van der Waals surface area contributed by atoms with Gasteiger partial charge in [-0.25, -0.2) is 4.98 Å². The van der Waals surface area contributed by atoms with E-state index in [2.05, 4.69) is 35.0 Å². The van der Waals surface area contributed by atoms with Crippen molar-refractivity contribution in [3.8, 4) is 17.2 Å². The molecule has 4 heteroatoms. The summed E-state index contributed by atoms with van der Waals surface area (Å²) in [5.41, 5.74) is 4.84. The zero-order chi connectivity index (χ0) is 20.1. The van der Waals surface area contributed by atoms with Crippen molar-refractivity contribution in [1.29, 1.82) is 0 Å². The summed E-state index contributed by atoms with van der Waals surface area (Å²) in [6.45, 7) is 8.22. The second kappa shape index (κ2) is 9.27. The van der Waals surface area contributed by atoms with Crippen molar-refractivity contribution in [1.82, 2.24) is 9.88 Å². The highest BCUT2D eigenvalue weighted by molar-refractivity contribution is 5.53. The highest BCUT2D eigenvalue weighted by atomic mass is 16.5. The smallest absolute Gasteiger partial charge is 0.226 e. The fraction of sp³-hybridized carbons (Fsp3) is 0.400. The largest absolute Gasteiger partial charge is 0.493 e. The predicted octanol–water partition coefficient (Wildman–Crippen LogP) is 5.43. The van der Waals surface area contributed by atoms with Crippen LogP contribution in [-0.2, 0) is 19.4 Å². The molecule has 1 aliphatic heterocycles. The summed E-state index contributed by atoms with van der Waals surface area (Å²) in [4.78, 5) is 7.22. The van der Waals surface area contributed by atoms with Crippen LogP contribution in [0.4, 0.5) is 0 Å². The van der Waals surface area contributed by atoms with E-state index in [1.807, 2.05) is 37.3 Å². The van der Waals surface area contributed by atoms with Gasteiger partial charge in [-0.15, -0.1) is 0 Å². The third-order valence-corrected chi connectivity index (χ3v) is 5.62. The van der Waals surface area contributed by atoms with E-state index >= 15 is 0 Å². The van der Waals surface area contributed by atoms with Gasteiger partial charge in [-0.1, -0.05) is 37.6 Å². The lowest BCUT2D eigenvalue weighted by Crippen LogP contribution is -2.31. The predicted molar refractivity (Wildman–Crippen MR) is 116 cm³/mol. The number of hydrogen-bond acceptors (Lipinski definition) is 4. The van der Waals surface area contributed by atoms with Gasteiger partial charge in [0.15, 0.2) is 0 Å². The first-order valence-electron chi connectivity index (χ1n) is 10.7. The maximum atomic E-state index is 6.06. The van der Waals surface area contributed by atoms with Crippen molar-refractivity contribution < 1.29 is 9.15 Å². The maximum Gasteiger partial charge on any atom is 0.226 e. The van der Waals surface area contributed by atoms with Gasteiger partial charge in [-0.2, -0.15) is 0 Å². The van der Waals surface area contributed by atoms with E-state index in [-0.39, 0.29) is 0 Å². The molecule has 0 N–H and O–H groups in total. The van der Waals surface area contributed by atoms with E-state index < -0.39 is 0 Å². The molecule has 152 valence electrons. The molecule has 0 atom stereocenters. The van der Waals surface area contributed by atoms with E-state index in [0.717, 1.165) is 42.2 Å². The number of fused-ring (bicyclic) bond motifs is 1. The first kappa shape index (κ1) is 19.7. The van der Waals surface area contributed by atoms with Gasteiger partial charge in [0.1, 0.15) is 11.5 Å². The molecule has 4 nitrogen and oxygen atoms in total. The molecule has 29 heavy (non-hydrogen) atoms. The first-order valence-corrected chi connectivity index (χ1v) is 10.7. The number of ether oxygens (including phenoxy) is 1. The molecule has 0 unspecified atom stereocenters. The standard InChI is InChI=1S/C25H30N2O2/c1-3-4-14-27-15-12-20-10-11-23(17-22(20)18-27)28-16-13-24-19(2)29-25(26-24)21-8-6-5-7-9-21/h5-11,17H,3-4,12-16,18H2,1-2H3. The highest BCUT2D eigenvalue weighted by Gasteiger charge is 2.16. The van der Waals surface area contributed by atoms with Crippen molar-refractivity contribution in [3.63, 3.8) is 0 Å². The molecule has 0 saturated heterocycles. The third-order valence-electron chi connectivity index (χ3n) is 5.62. The summed E-state index contributed by atoms with van der Waals surface area (Å²) in [7, 11) is 0. The monoisotopic (exact) mass is 390 g/mol. The van der Waals surface area contributed by atoms with E-state index in [0.29, 0.717) is 12.5 Å². The average Bonchev–Trinajstić information content (AvgIpc) is 3.13. The van der Waals surface area contributed by atoms with Crippen LogP contribution in [0.3, 0.4) is 0 Å². The minimum Gasteiger partial charge on any atom is -0.493 e. The summed E-state index contributed by atoms with van der Waals surface area (Å²) in [6.07, 6.45) is 4.40. The van der Waals surface area contributed by atoms with Crippen LogP contribution >= 0.6 is 0 Å². The Labute approximate surface area is 173 Å². The summed E-state index contributed by atoms with van der Waals surface area (Å²) in [5, 5.41) is 0. The van der Waals surface area contributed by atoms with Crippen LogP contribution in [-0.4, -0.2) is 29.6 Å². The van der Waals surface area contributed by atoms with Crippen molar-refractivity contribution in [2.75, 3.05) is 19.7 Å². The Morgan fingerprint density at radius 2 is 1.97 bits per heavy atom. The number of nitrogens with zero attached hydrogens (tertiary/aromatic N) is 2. The molecule has 4 rings (SSSR count). The van der Waals surface area contributed by atoms with Crippen molar-refractivity contribution in [2.24, 2.45) is 0 Å². The van der Waals surface area contributed by atoms with Crippen LogP contribution in [0.15, 0.2) is 52.9 Å². The zero-order valence-electron chi connectivity index (χ0n) is 17.5. The Kier molecular flexibility index (Phi) is 6.30. The van der Waals surface area contributed by atoms with Crippen LogP contribution in [0, 0.1) is 6.92 Å². The minimum absolute atomic E-state index is 0.597. The summed E-state index contributed by atoms with van der Waals surface area (Å²) in [5.74, 6) is 2.49. The van der Waals surface area contributed by atoms with Crippen LogP contribution in [0.5, 0.6) is 5.75 Å². The van der Waals surface area contributed by atoms with Gasteiger partial charge in [0.05, 0.1) is 12.3 Å². The van der Waals surface area contributed by atoms with E-state index in [9.17, 15) is 0 Å². The Balaban J connectivity index is 1.35. The molecular formula is C25H30N2O2. The van der Waals surface area contributed by atoms with Gasteiger partial charge < -0.3 is 9.15 Å². The number of rotatable bonds is 8. The second-order valence-corrected chi connectivity index (χ2v) is 7.80. The molecule has 0 aliphatic carbocycles. The number of aryl methyl sites for hydroxylation is 1. The molecular weight excluding hydrogens is 360 g/mol. The number of benzene rings is 2. The molecule has 2 aromatic carbocycles. The van der Waals surface area contributed by atoms with Crippen molar-refractivity contribution in [2.45, 2.75) is 46.1 Å². The lowest BCUT2D eigenvalue weighted by Gasteiger charge is -2.29. The highest BCUT2D eigenvalue weighted by Crippen LogP contribution is 2.25. The van der Waals surface area contributed by atoms with Gasteiger partial charge in [0, 0.05) is 25.1 Å². The summed E-state index contributed by atoms with van der Waals surface area (Å²) < 4.78 is 11.9. The van der Waals surface area contributed by atoms with Crippen LogP contribution in [0.1, 0.15) is 42.3 Å². The van der Waals surface area contributed by atoms with Gasteiger partial charge in [-0.05, 0) is 61.7 Å². The Morgan fingerprint density at radius 1 is 1.10 bits per heavy atom. The van der Waals surface area contributed by atoms with Crippen LogP contribution in [0.25, 0.3) is 11.5 Å². The molecule has 0 bridgehead atoms. The number of hydrogen-bond donors (Lipinski definition) is 0. The van der Waals surface area contributed by atoms with Gasteiger partial charge >= 0.3 is 0 Å².